The molecule has 1 aromatic carbocycles. The predicted molar refractivity (Wildman–Crippen MR) is 71.2 cm³/mol. The van der Waals surface area contributed by atoms with Crippen LogP contribution in [0.1, 0.15) is 31.1 Å². The first kappa shape index (κ1) is 14.6. The van der Waals surface area contributed by atoms with E-state index in [1.165, 1.54) is 12.1 Å². The lowest BCUT2D eigenvalue weighted by Gasteiger charge is -2.17. The number of benzene rings is 1. The minimum Gasteiger partial charge on any atom is -0.462 e. The molecule has 2 nitrogen and oxygen atoms in total. The van der Waals surface area contributed by atoms with E-state index in [-0.39, 0.29) is 20.5 Å². The third kappa shape index (κ3) is 4.38. The fraction of sp³-hybridized carbons (Fsp3) is 0.417. The van der Waals surface area contributed by atoms with Crippen LogP contribution in [0.3, 0.4) is 0 Å². The zero-order valence-corrected chi connectivity index (χ0v) is 12.1. The molecule has 0 aromatic heterocycles. The highest BCUT2D eigenvalue weighted by atomic mass is 35.5. The van der Waals surface area contributed by atoms with Gasteiger partial charge in [-0.3, -0.25) is 0 Å². The van der Waals surface area contributed by atoms with Crippen molar-refractivity contribution in [3.63, 3.8) is 0 Å². The second-order valence-corrected chi connectivity index (χ2v) is 6.08. The van der Waals surface area contributed by atoms with Crippen molar-refractivity contribution in [2.75, 3.05) is 6.61 Å². The van der Waals surface area contributed by atoms with Crippen molar-refractivity contribution in [3.8, 4) is 0 Å². The smallest absolute Gasteiger partial charge is 0.338 e. The van der Waals surface area contributed by atoms with Crippen molar-refractivity contribution in [2.24, 2.45) is 5.41 Å². The molecule has 0 radical (unpaired) electrons. The molecule has 17 heavy (non-hydrogen) atoms. The normalized spacial score (nSPS) is 11.4. The second kappa shape index (κ2) is 5.47. The number of ether oxygens (including phenoxy) is 1. The Hall–Kier alpha value is -0.440. The molecular formula is C12H13Cl3O2. The van der Waals surface area contributed by atoms with Crippen LogP contribution in [0.25, 0.3) is 0 Å². The van der Waals surface area contributed by atoms with Gasteiger partial charge in [0.1, 0.15) is 0 Å². The van der Waals surface area contributed by atoms with Crippen molar-refractivity contribution in [1.82, 2.24) is 0 Å². The van der Waals surface area contributed by atoms with E-state index in [0.29, 0.717) is 12.2 Å². The predicted octanol–water partition coefficient (Wildman–Crippen LogP) is 4.85. The number of carbonyl (C=O) groups is 1. The molecule has 0 bridgehead atoms. The summed E-state index contributed by atoms with van der Waals surface area (Å²) >= 11 is 17.4. The standard InChI is InChI=1S/C12H13Cl3O2/c1-12(2,3)6-17-11(16)7-4-8(13)10(15)9(14)5-7/h4-5H,6H2,1-3H3. The Balaban J connectivity index is 2.84. The van der Waals surface area contributed by atoms with Crippen molar-refractivity contribution >= 4 is 40.8 Å². The van der Waals surface area contributed by atoms with Crippen LogP contribution in [0.5, 0.6) is 0 Å². The van der Waals surface area contributed by atoms with Crippen LogP contribution in [0, 0.1) is 5.41 Å². The summed E-state index contributed by atoms with van der Waals surface area (Å²) in [6.45, 7) is 6.25. The minimum atomic E-state index is -0.458. The number of hydrogen-bond donors (Lipinski definition) is 0. The topological polar surface area (TPSA) is 26.3 Å². The van der Waals surface area contributed by atoms with Crippen molar-refractivity contribution < 1.29 is 9.53 Å². The van der Waals surface area contributed by atoms with Crippen LogP contribution in [-0.4, -0.2) is 12.6 Å². The van der Waals surface area contributed by atoms with Gasteiger partial charge in [0.25, 0.3) is 0 Å². The van der Waals surface area contributed by atoms with E-state index >= 15 is 0 Å². The molecule has 0 saturated carbocycles. The van der Waals surface area contributed by atoms with Gasteiger partial charge in [0.05, 0.1) is 27.2 Å². The zero-order valence-electron chi connectivity index (χ0n) is 9.81. The van der Waals surface area contributed by atoms with Crippen LogP contribution in [0.2, 0.25) is 15.1 Å². The second-order valence-electron chi connectivity index (χ2n) is 4.89. The summed E-state index contributed by atoms with van der Waals surface area (Å²) < 4.78 is 5.14. The van der Waals surface area contributed by atoms with E-state index in [1.54, 1.807) is 0 Å². The summed E-state index contributed by atoms with van der Waals surface area (Å²) in [4.78, 5) is 11.7. The minimum absolute atomic E-state index is 0.0876. The lowest BCUT2D eigenvalue weighted by molar-refractivity contribution is 0.0367. The quantitative estimate of drug-likeness (QED) is 0.576. The number of halogens is 3. The van der Waals surface area contributed by atoms with Crippen molar-refractivity contribution in [3.05, 3.63) is 32.8 Å². The molecule has 0 aliphatic heterocycles. The SMILES string of the molecule is CC(C)(C)COC(=O)c1cc(Cl)c(Cl)c(Cl)c1. The Morgan fingerprint density at radius 1 is 1.18 bits per heavy atom. The molecule has 0 unspecified atom stereocenters. The first-order valence-corrected chi connectivity index (χ1v) is 6.16. The van der Waals surface area contributed by atoms with Crippen molar-refractivity contribution in [1.29, 1.82) is 0 Å². The highest BCUT2D eigenvalue weighted by Crippen LogP contribution is 2.31. The third-order valence-electron chi connectivity index (χ3n) is 1.86. The van der Waals surface area contributed by atoms with Gasteiger partial charge in [-0.25, -0.2) is 4.79 Å². The van der Waals surface area contributed by atoms with E-state index in [9.17, 15) is 4.79 Å². The Bertz CT molecular complexity index is 413. The average Bonchev–Trinajstić information content (AvgIpc) is 2.20. The lowest BCUT2D eigenvalue weighted by Crippen LogP contribution is -2.18. The molecule has 1 aromatic rings. The zero-order chi connectivity index (χ0) is 13.2. The van der Waals surface area contributed by atoms with Crippen LogP contribution in [0.4, 0.5) is 0 Å². The van der Waals surface area contributed by atoms with Gasteiger partial charge in [-0.2, -0.15) is 0 Å². The molecule has 0 atom stereocenters. The monoisotopic (exact) mass is 294 g/mol. The molecule has 0 N–H and O–H groups in total. The maximum Gasteiger partial charge on any atom is 0.338 e. The molecule has 0 amide bonds. The van der Waals surface area contributed by atoms with E-state index in [2.05, 4.69) is 0 Å². The van der Waals surface area contributed by atoms with Gasteiger partial charge < -0.3 is 4.74 Å². The van der Waals surface area contributed by atoms with E-state index in [4.69, 9.17) is 39.5 Å². The fourth-order valence-electron chi connectivity index (χ4n) is 1.04. The summed E-state index contributed by atoms with van der Waals surface area (Å²) in [5.74, 6) is -0.458. The summed E-state index contributed by atoms with van der Waals surface area (Å²) in [5.41, 5.74) is 0.212. The molecule has 0 aliphatic carbocycles. The average molecular weight is 296 g/mol. The van der Waals surface area contributed by atoms with Crippen LogP contribution >= 0.6 is 34.8 Å². The highest BCUT2D eigenvalue weighted by Gasteiger charge is 2.17. The van der Waals surface area contributed by atoms with Crippen LogP contribution in [0.15, 0.2) is 12.1 Å². The van der Waals surface area contributed by atoms with E-state index in [0.717, 1.165) is 0 Å². The molecular weight excluding hydrogens is 282 g/mol. The molecule has 0 heterocycles. The first-order chi connectivity index (χ1) is 7.70. The van der Waals surface area contributed by atoms with Gasteiger partial charge in [0, 0.05) is 0 Å². The van der Waals surface area contributed by atoms with Gasteiger partial charge >= 0.3 is 5.97 Å². The summed E-state index contributed by atoms with van der Waals surface area (Å²) in [6.07, 6.45) is 0. The highest BCUT2D eigenvalue weighted by molar-refractivity contribution is 6.48. The Morgan fingerprint density at radius 2 is 1.65 bits per heavy atom. The fourth-order valence-corrected chi connectivity index (χ4v) is 1.63. The summed E-state index contributed by atoms with van der Waals surface area (Å²) in [6, 6.07) is 2.89. The Morgan fingerprint density at radius 3 is 2.06 bits per heavy atom. The maximum absolute atomic E-state index is 11.7. The van der Waals surface area contributed by atoms with Gasteiger partial charge in [-0.1, -0.05) is 55.6 Å². The first-order valence-electron chi connectivity index (χ1n) is 5.02. The van der Waals surface area contributed by atoms with Gasteiger partial charge in [0.15, 0.2) is 0 Å². The van der Waals surface area contributed by atoms with Crippen LogP contribution < -0.4 is 0 Å². The van der Waals surface area contributed by atoms with Crippen molar-refractivity contribution in [2.45, 2.75) is 20.8 Å². The maximum atomic E-state index is 11.7. The number of hydrogen-bond acceptors (Lipinski definition) is 2. The molecule has 0 saturated heterocycles. The van der Waals surface area contributed by atoms with E-state index in [1.807, 2.05) is 20.8 Å². The van der Waals surface area contributed by atoms with Crippen LogP contribution in [-0.2, 0) is 4.74 Å². The third-order valence-corrected chi connectivity index (χ3v) is 3.05. The number of esters is 1. The van der Waals surface area contributed by atoms with E-state index < -0.39 is 5.97 Å². The molecule has 5 heteroatoms. The largest absolute Gasteiger partial charge is 0.462 e. The molecule has 0 aliphatic rings. The molecule has 0 spiro atoms. The van der Waals surface area contributed by atoms with Gasteiger partial charge in [0.2, 0.25) is 0 Å². The summed E-state index contributed by atoms with van der Waals surface area (Å²) in [7, 11) is 0. The van der Waals surface area contributed by atoms with Gasteiger partial charge in [-0.15, -0.1) is 0 Å². The molecule has 0 fully saturated rings. The number of carbonyl (C=O) groups excluding carboxylic acids is 1. The summed E-state index contributed by atoms with van der Waals surface area (Å²) in [5, 5.41) is 0.712. The molecule has 1 rings (SSSR count). The number of rotatable bonds is 2. The lowest BCUT2D eigenvalue weighted by atomic mass is 9.99. The Kier molecular flexibility index (Phi) is 4.70. The molecule has 94 valence electrons. The Labute approximate surface area is 116 Å². The van der Waals surface area contributed by atoms with Gasteiger partial charge in [-0.05, 0) is 17.5 Å².